The van der Waals surface area contributed by atoms with E-state index < -0.39 is 0 Å². The molecule has 0 atom stereocenters. The third-order valence-electron chi connectivity index (χ3n) is 2.81. The van der Waals surface area contributed by atoms with Crippen LogP contribution < -0.4 is 0 Å². The van der Waals surface area contributed by atoms with Crippen LogP contribution in [0.3, 0.4) is 0 Å². The van der Waals surface area contributed by atoms with Gasteiger partial charge in [-0.2, -0.15) is 10.2 Å². The van der Waals surface area contributed by atoms with Crippen LogP contribution in [0.1, 0.15) is 58.2 Å². The maximum Gasteiger partial charge on any atom is 0.0911 e. The Balaban J connectivity index is 3.22. The molecule has 0 bridgehead atoms. The molecule has 0 radical (unpaired) electrons. The van der Waals surface area contributed by atoms with Crippen LogP contribution in [0.25, 0.3) is 0 Å². The van der Waals surface area contributed by atoms with Crippen LogP contribution in [0.5, 0.6) is 0 Å². The molecule has 0 saturated carbocycles. The molecule has 1 aromatic carbocycles. The summed E-state index contributed by atoms with van der Waals surface area (Å²) in [5.41, 5.74) is 4.82. The number of rotatable bonds is 1. The third kappa shape index (κ3) is 3.94. The van der Waals surface area contributed by atoms with Crippen LogP contribution in [0.4, 0.5) is 5.69 Å². The van der Waals surface area contributed by atoms with E-state index in [0.717, 1.165) is 5.69 Å². The molecule has 2 heteroatoms. The fraction of sp³-hybridized carbons (Fsp3) is 0.625. The predicted molar refractivity (Wildman–Crippen MR) is 78.9 cm³/mol. The van der Waals surface area contributed by atoms with E-state index in [1.54, 1.807) is 0 Å². The molecule has 0 unspecified atom stereocenters. The van der Waals surface area contributed by atoms with Gasteiger partial charge in [-0.15, -0.1) is 0 Å². The second-order valence-electron chi connectivity index (χ2n) is 7.08. The molecule has 18 heavy (non-hydrogen) atoms. The molecule has 1 aromatic rings. The number of hydrogen-bond donors (Lipinski definition) is 0. The van der Waals surface area contributed by atoms with E-state index in [4.69, 9.17) is 0 Å². The van der Waals surface area contributed by atoms with Gasteiger partial charge in [0.05, 0.1) is 11.2 Å². The van der Waals surface area contributed by atoms with Gasteiger partial charge in [-0.25, -0.2) is 0 Å². The topological polar surface area (TPSA) is 24.7 Å². The largest absolute Gasteiger partial charge is 0.183 e. The zero-order valence-corrected chi connectivity index (χ0v) is 13.0. The molecule has 0 heterocycles. The van der Waals surface area contributed by atoms with Gasteiger partial charge in [0.25, 0.3) is 0 Å². The molecule has 0 saturated heterocycles. The second-order valence-corrected chi connectivity index (χ2v) is 7.08. The Morgan fingerprint density at radius 2 is 1.28 bits per heavy atom. The van der Waals surface area contributed by atoms with Crippen LogP contribution in [0, 0.1) is 13.8 Å². The van der Waals surface area contributed by atoms with Gasteiger partial charge < -0.3 is 0 Å². The van der Waals surface area contributed by atoms with Crippen molar-refractivity contribution in [2.75, 3.05) is 0 Å². The van der Waals surface area contributed by atoms with E-state index in [1.165, 1.54) is 16.7 Å². The van der Waals surface area contributed by atoms with Crippen molar-refractivity contribution in [3.05, 3.63) is 28.8 Å². The molecule has 0 fully saturated rings. The van der Waals surface area contributed by atoms with E-state index in [1.807, 2.05) is 0 Å². The van der Waals surface area contributed by atoms with E-state index in [-0.39, 0.29) is 11.0 Å². The number of azo groups is 1. The first-order valence-corrected chi connectivity index (χ1v) is 6.55. The van der Waals surface area contributed by atoms with Crippen LogP contribution in [0.15, 0.2) is 22.4 Å². The van der Waals surface area contributed by atoms with Crippen LogP contribution in [-0.4, -0.2) is 5.54 Å². The lowest BCUT2D eigenvalue weighted by Crippen LogP contribution is -2.11. The Bertz CT molecular complexity index is 434. The van der Waals surface area contributed by atoms with Crippen molar-refractivity contribution in [2.24, 2.45) is 10.2 Å². The molecule has 0 amide bonds. The molecule has 0 aliphatic carbocycles. The minimum atomic E-state index is -0.123. The predicted octanol–water partition coefficient (Wildman–Crippen LogP) is 5.48. The Morgan fingerprint density at radius 3 is 1.61 bits per heavy atom. The first-order valence-electron chi connectivity index (χ1n) is 6.55. The Hall–Kier alpha value is -1.18. The van der Waals surface area contributed by atoms with Gasteiger partial charge in [0.2, 0.25) is 0 Å². The number of nitrogens with zero attached hydrogens (tertiary/aromatic N) is 2. The smallest absolute Gasteiger partial charge is 0.0911 e. The first-order chi connectivity index (χ1) is 8.00. The van der Waals surface area contributed by atoms with Gasteiger partial charge in [0.15, 0.2) is 0 Å². The summed E-state index contributed by atoms with van der Waals surface area (Å²) in [5, 5.41) is 8.79. The summed E-state index contributed by atoms with van der Waals surface area (Å²) in [7, 11) is 0. The van der Waals surface area contributed by atoms with E-state index in [0.29, 0.717) is 0 Å². The van der Waals surface area contributed by atoms with Gasteiger partial charge in [0.1, 0.15) is 0 Å². The fourth-order valence-electron chi connectivity index (χ4n) is 1.75. The van der Waals surface area contributed by atoms with Crippen LogP contribution in [-0.2, 0) is 5.41 Å². The average Bonchev–Trinajstić information content (AvgIpc) is 2.12. The van der Waals surface area contributed by atoms with Crippen molar-refractivity contribution in [3.63, 3.8) is 0 Å². The molecular formula is C16H26N2. The third-order valence-corrected chi connectivity index (χ3v) is 2.81. The quantitative estimate of drug-likeness (QED) is 0.586. The summed E-state index contributed by atoms with van der Waals surface area (Å²) in [6.45, 7) is 17.1. The molecule has 0 aromatic heterocycles. The zero-order valence-electron chi connectivity index (χ0n) is 13.0. The zero-order chi connectivity index (χ0) is 14.1. The Labute approximate surface area is 112 Å². The van der Waals surface area contributed by atoms with Crippen molar-refractivity contribution in [3.8, 4) is 0 Å². The highest BCUT2D eigenvalue weighted by Gasteiger charge is 2.16. The number of aryl methyl sites for hydroxylation is 2. The van der Waals surface area contributed by atoms with E-state index >= 15 is 0 Å². The highest BCUT2D eigenvalue weighted by atomic mass is 15.1. The lowest BCUT2D eigenvalue weighted by atomic mass is 9.85. The Kier molecular flexibility index (Phi) is 3.99. The minimum Gasteiger partial charge on any atom is -0.183 e. The molecule has 0 spiro atoms. The molecule has 0 aliphatic heterocycles. The second kappa shape index (κ2) is 4.83. The summed E-state index contributed by atoms with van der Waals surface area (Å²) in [5.74, 6) is 0. The monoisotopic (exact) mass is 246 g/mol. The van der Waals surface area contributed by atoms with E-state index in [2.05, 4.69) is 77.8 Å². The maximum atomic E-state index is 4.42. The Morgan fingerprint density at radius 1 is 0.833 bits per heavy atom. The molecule has 0 aliphatic rings. The van der Waals surface area contributed by atoms with Crippen LogP contribution in [0.2, 0.25) is 0 Å². The van der Waals surface area contributed by atoms with Gasteiger partial charge in [-0.3, -0.25) is 0 Å². The fourth-order valence-corrected chi connectivity index (χ4v) is 1.75. The maximum absolute atomic E-state index is 4.42. The summed E-state index contributed by atoms with van der Waals surface area (Å²) < 4.78 is 0. The van der Waals surface area contributed by atoms with Crippen molar-refractivity contribution < 1.29 is 0 Å². The number of hydrogen-bond acceptors (Lipinski definition) is 2. The van der Waals surface area contributed by atoms with Gasteiger partial charge in [0, 0.05) is 0 Å². The first kappa shape index (κ1) is 14.9. The lowest BCUT2D eigenvalue weighted by Gasteiger charge is -2.21. The van der Waals surface area contributed by atoms with Crippen LogP contribution >= 0.6 is 0 Å². The lowest BCUT2D eigenvalue weighted by molar-refractivity contribution is 0.551. The minimum absolute atomic E-state index is 0.123. The standard InChI is InChI=1S/C16H26N2/c1-11-9-13(15(3,4)5)10-12(2)14(11)17-18-16(6,7)8/h9-10H,1-8H3. The van der Waals surface area contributed by atoms with Crippen molar-refractivity contribution in [1.82, 2.24) is 0 Å². The van der Waals surface area contributed by atoms with Crippen molar-refractivity contribution in [1.29, 1.82) is 0 Å². The average molecular weight is 246 g/mol. The summed E-state index contributed by atoms with van der Waals surface area (Å²) in [6.07, 6.45) is 0. The van der Waals surface area contributed by atoms with Crippen molar-refractivity contribution in [2.45, 2.75) is 66.3 Å². The number of benzene rings is 1. The van der Waals surface area contributed by atoms with Gasteiger partial charge in [-0.05, 0) is 56.7 Å². The molecule has 0 N–H and O–H groups in total. The van der Waals surface area contributed by atoms with Gasteiger partial charge >= 0.3 is 0 Å². The SMILES string of the molecule is Cc1cc(C(C)(C)C)cc(C)c1N=NC(C)(C)C. The summed E-state index contributed by atoms with van der Waals surface area (Å²) in [6, 6.07) is 4.45. The highest BCUT2D eigenvalue weighted by molar-refractivity contribution is 5.54. The summed E-state index contributed by atoms with van der Waals surface area (Å²) >= 11 is 0. The summed E-state index contributed by atoms with van der Waals surface area (Å²) in [4.78, 5) is 0. The van der Waals surface area contributed by atoms with Gasteiger partial charge in [-0.1, -0.05) is 32.9 Å². The van der Waals surface area contributed by atoms with Crippen molar-refractivity contribution >= 4 is 5.69 Å². The van der Waals surface area contributed by atoms with E-state index in [9.17, 15) is 0 Å². The normalized spacial score (nSPS) is 13.3. The molecule has 2 nitrogen and oxygen atoms in total. The molecular weight excluding hydrogens is 220 g/mol. The highest BCUT2D eigenvalue weighted by Crippen LogP contribution is 2.31. The molecule has 100 valence electrons. The molecule has 1 rings (SSSR count).